The zero-order valence-corrected chi connectivity index (χ0v) is 13.3. The van der Waals surface area contributed by atoms with Crippen molar-refractivity contribution >= 4 is 15.9 Å². The third-order valence-corrected chi connectivity index (χ3v) is 5.10. The number of nitrogens with one attached hydrogen (secondary N) is 1. The van der Waals surface area contributed by atoms with Gasteiger partial charge in [0.2, 0.25) is 0 Å². The summed E-state index contributed by atoms with van der Waals surface area (Å²) in [5, 5.41) is 13.2. The maximum atomic E-state index is 9.64. The Morgan fingerprint density at radius 3 is 2.85 bits per heavy atom. The summed E-state index contributed by atoms with van der Waals surface area (Å²) < 4.78 is 6.87. The fourth-order valence-corrected chi connectivity index (χ4v) is 4.01. The van der Waals surface area contributed by atoms with E-state index in [0.29, 0.717) is 6.61 Å². The molecule has 20 heavy (non-hydrogen) atoms. The third kappa shape index (κ3) is 2.87. The highest BCUT2D eigenvalue weighted by molar-refractivity contribution is 9.10. The second-order valence-corrected chi connectivity index (χ2v) is 7.04. The molecule has 0 spiro atoms. The molecule has 1 fully saturated rings. The van der Waals surface area contributed by atoms with Crippen LogP contribution in [0.1, 0.15) is 36.8 Å². The molecule has 110 valence electrons. The van der Waals surface area contributed by atoms with Crippen molar-refractivity contribution in [2.45, 2.75) is 38.6 Å². The number of halogens is 1. The second kappa shape index (κ2) is 6.04. The average molecular weight is 340 g/mol. The van der Waals surface area contributed by atoms with Crippen LogP contribution in [0.25, 0.3) is 0 Å². The van der Waals surface area contributed by atoms with E-state index in [2.05, 4.69) is 33.4 Å². The Bertz CT molecular complexity index is 484. The highest BCUT2D eigenvalue weighted by atomic mass is 79.9. The van der Waals surface area contributed by atoms with Gasteiger partial charge in [-0.15, -0.1) is 0 Å². The minimum atomic E-state index is 0.107. The summed E-state index contributed by atoms with van der Waals surface area (Å²) in [6, 6.07) is 4.29. The fraction of sp³-hybridized carbons (Fsp3) is 0.625. The van der Waals surface area contributed by atoms with Gasteiger partial charge in [0, 0.05) is 41.6 Å². The van der Waals surface area contributed by atoms with Gasteiger partial charge in [-0.1, -0.05) is 28.8 Å². The molecular weight excluding hydrogens is 318 g/mol. The molecular formula is C16H22BrNO2. The van der Waals surface area contributed by atoms with Gasteiger partial charge in [-0.05, 0) is 30.5 Å². The molecule has 1 aliphatic carbocycles. The number of hydrogen-bond acceptors (Lipinski definition) is 3. The van der Waals surface area contributed by atoms with Crippen LogP contribution in [-0.2, 0) is 13.0 Å². The van der Waals surface area contributed by atoms with E-state index >= 15 is 0 Å². The largest absolute Gasteiger partial charge is 0.493 e. The number of benzene rings is 1. The van der Waals surface area contributed by atoms with Crippen LogP contribution in [0.5, 0.6) is 5.75 Å². The van der Waals surface area contributed by atoms with Crippen molar-refractivity contribution in [3.63, 3.8) is 0 Å². The first-order valence-electron chi connectivity index (χ1n) is 7.48. The standard InChI is InChI=1S/C16H22BrNO2/c17-14-7-12-3-6-20-15(12)13(8-14)9-18-10-16(11-19)4-1-2-5-16/h7-8,18-19H,1-6,9-11H2. The van der Waals surface area contributed by atoms with Gasteiger partial charge >= 0.3 is 0 Å². The number of hydrogen-bond donors (Lipinski definition) is 2. The Labute approximate surface area is 128 Å². The smallest absolute Gasteiger partial charge is 0.127 e. The summed E-state index contributed by atoms with van der Waals surface area (Å²) in [6.07, 6.45) is 5.78. The molecule has 1 saturated carbocycles. The Kier molecular flexibility index (Phi) is 4.34. The van der Waals surface area contributed by atoms with E-state index in [1.54, 1.807) is 0 Å². The molecule has 3 nitrogen and oxygen atoms in total. The van der Waals surface area contributed by atoms with E-state index in [4.69, 9.17) is 4.74 Å². The third-order valence-electron chi connectivity index (χ3n) is 4.64. The van der Waals surface area contributed by atoms with Crippen LogP contribution < -0.4 is 10.1 Å². The number of ether oxygens (including phenoxy) is 1. The van der Waals surface area contributed by atoms with Crippen molar-refractivity contribution in [1.82, 2.24) is 5.32 Å². The van der Waals surface area contributed by atoms with Gasteiger partial charge in [0.05, 0.1) is 6.61 Å². The molecule has 0 aromatic heterocycles. The first kappa shape index (κ1) is 14.4. The number of aliphatic hydroxyl groups is 1. The molecule has 3 rings (SSSR count). The predicted octanol–water partition coefficient (Wildman–Crippen LogP) is 3.03. The molecule has 4 heteroatoms. The zero-order chi connectivity index (χ0) is 14.0. The Morgan fingerprint density at radius 1 is 1.30 bits per heavy atom. The van der Waals surface area contributed by atoms with Crippen molar-refractivity contribution in [3.8, 4) is 5.75 Å². The van der Waals surface area contributed by atoms with Gasteiger partial charge in [-0.25, -0.2) is 0 Å². The molecule has 2 aliphatic rings. The molecule has 0 unspecified atom stereocenters. The maximum Gasteiger partial charge on any atom is 0.127 e. The molecule has 1 aromatic rings. The number of aliphatic hydroxyl groups excluding tert-OH is 1. The van der Waals surface area contributed by atoms with Crippen LogP contribution in [0.3, 0.4) is 0 Å². The SMILES string of the molecule is OCC1(CNCc2cc(Br)cc3c2OCC3)CCCC1. The van der Waals surface area contributed by atoms with Gasteiger partial charge < -0.3 is 15.2 Å². The topological polar surface area (TPSA) is 41.5 Å². The van der Waals surface area contributed by atoms with Crippen LogP contribution in [0, 0.1) is 5.41 Å². The monoisotopic (exact) mass is 339 g/mol. The summed E-state index contributed by atoms with van der Waals surface area (Å²) >= 11 is 3.57. The van der Waals surface area contributed by atoms with E-state index in [1.165, 1.54) is 24.0 Å². The van der Waals surface area contributed by atoms with Crippen molar-refractivity contribution in [1.29, 1.82) is 0 Å². The summed E-state index contributed by atoms with van der Waals surface area (Å²) in [5.74, 6) is 1.06. The summed E-state index contributed by atoms with van der Waals surface area (Å²) in [5.41, 5.74) is 2.63. The van der Waals surface area contributed by atoms with Crippen LogP contribution in [0.4, 0.5) is 0 Å². The lowest BCUT2D eigenvalue weighted by atomic mass is 9.87. The number of fused-ring (bicyclic) bond motifs is 1. The van der Waals surface area contributed by atoms with Gasteiger partial charge in [-0.2, -0.15) is 0 Å². The minimum Gasteiger partial charge on any atom is -0.493 e. The van der Waals surface area contributed by atoms with Gasteiger partial charge in [0.25, 0.3) is 0 Å². The van der Waals surface area contributed by atoms with Gasteiger partial charge in [0.15, 0.2) is 0 Å². The molecule has 2 N–H and O–H groups in total. The lowest BCUT2D eigenvalue weighted by Gasteiger charge is -2.27. The van der Waals surface area contributed by atoms with Gasteiger partial charge in [-0.3, -0.25) is 0 Å². The van der Waals surface area contributed by atoms with Crippen LogP contribution in [0.2, 0.25) is 0 Å². The van der Waals surface area contributed by atoms with Crippen LogP contribution in [0.15, 0.2) is 16.6 Å². The minimum absolute atomic E-state index is 0.107. The summed E-state index contributed by atoms with van der Waals surface area (Å²) in [4.78, 5) is 0. The maximum absolute atomic E-state index is 9.64. The molecule has 1 aliphatic heterocycles. The van der Waals surface area contributed by atoms with E-state index in [-0.39, 0.29) is 5.41 Å². The highest BCUT2D eigenvalue weighted by Crippen LogP contribution is 2.37. The van der Waals surface area contributed by atoms with Crippen molar-refractivity contribution < 1.29 is 9.84 Å². The lowest BCUT2D eigenvalue weighted by molar-refractivity contribution is 0.128. The highest BCUT2D eigenvalue weighted by Gasteiger charge is 2.32. The first-order valence-corrected chi connectivity index (χ1v) is 8.27. The predicted molar refractivity (Wildman–Crippen MR) is 83.0 cm³/mol. The molecule has 0 saturated heterocycles. The molecule has 1 heterocycles. The molecule has 0 radical (unpaired) electrons. The van der Waals surface area contributed by atoms with Gasteiger partial charge in [0.1, 0.15) is 5.75 Å². The first-order chi connectivity index (χ1) is 9.72. The Balaban J connectivity index is 1.64. The summed E-state index contributed by atoms with van der Waals surface area (Å²) in [6.45, 7) is 2.79. The summed E-state index contributed by atoms with van der Waals surface area (Å²) in [7, 11) is 0. The average Bonchev–Trinajstić information content (AvgIpc) is 3.07. The lowest BCUT2D eigenvalue weighted by Crippen LogP contribution is -2.34. The van der Waals surface area contributed by atoms with E-state index in [0.717, 1.165) is 49.2 Å². The Morgan fingerprint density at radius 2 is 2.10 bits per heavy atom. The molecule has 1 aromatic carbocycles. The van der Waals surface area contributed by atoms with Crippen LogP contribution >= 0.6 is 15.9 Å². The Hall–Kier alpha value is -0.580. The van der Waals surface area contributed by atoms with E-state index < -0.39 is 0 Å². The van der Waals surface area contributed by atoms with Crippen molar-refractivity contribution in [2.75, 3.05) is 19.8 Å². The molecule has 0 atom stereocenters. The van der Waals surface area contributed by atoms with E-state index in [9.17, 15) is 5.11 Å². The van der Waals surface area contributed by atoms with E-state index in [1.807, 2.05) is 0 Å². The van der Waals surface area contributed by atoms with Crippen molar-refractivity contribution in [2.24, 2.45) is 5.41 Å². The fourth-order valence-electron chi connectivity index (χ4n) is 3.46. The normalized spacial score (nSPS) is 19.9. The molecule has 0 bridgehead atoms. The quantitative estimate of drug-likeness (QED) is 0.866. The number of rotatable bonds is 5. The second-order valence-electron chi connectivity index (χ2n) is 6.12. The molecule has 0 amide bonds. The zero-order valence-electron chi connectivity index (χ0n) is 11.8. The van der Waals surface area contributed by atoms with Crippen molar-refractivity contribution in [3.05, 3.63) is 27.7 Å². The van der Waals surface area contributed by atoms with Crippen LogP contribution in [-0.4, -0.2) is 24.9 Å².